The lowest BCUT2D eigenvalue weighted by atomic mass is 10.0. The molecule has 1 N–H and O–H groups in total. The molecule has 0 amide bonds. The van der Waals surface area contributed by atoms with Gasteiger partial charge in [0.15, 0.2) is 5.82 Å². The molecular formula is C24H21F3N6. The zero-order valence-electron chi connectivity index (χ0n) is 18.0. The molecule has 0 atom stereocenters. The van der Waals surface area contributed by atoms with Crippen molar-refractivity contribution in [3.05, 3.63) is 84.1 Å². The van der Waals surface area contributed by atoms with Gasteiger partial charge in [-0.3, -0.25) is 0 Å². The minimum Gasteiger partial charge on any atom is -0.361 e. The van der Waals surface area contributed by atoms with E-state index in [4.69, 9.17) is 0 Å². The molecule has 0 fully saturated rings. The largest absolute Gasteiger partial charge is 0.416 e. The number of alkyl halides is 3. The Labute approximate surface area is 189 Å². The number of anilines is 2. The van der Waals surface area contributed by atoms with Gasteiger partial charge in [0.05, 0.1) is 11.3 Å². The highest BCUT2D eigenvalue weighted by Gasteiger charge is 2.31. The smallest absolute Gasteiger partial charge is 0.361 e. The van der Waals surface area contributed by atoms with Crippen LogP contribution in [0.5, 0.6) is 0 Å². The Hall–Kier alpha value is -4.01. The summed E-state index contributed by atoms with van der Waals surface area (Å²) in [6.45, 7) is 0.530. The van der Waals surface area contributed by atoms with Crippen molar-refractivity contribution in [1.82, 2.24) is 20.2 Å². The number of hydrogen-bond acceptors (Lipinski definition) is 6. The maximum Gasteiger partial charge on any atom is 0.416 e. The van der Waals surface area contributed by atoms with E-state index in [2.05, 4.69) is 25.5 Å². The first-order valence-electron chi connectivity index (χ1n) is 10.1. The Morgan fingerprint density at radius 1 is 0.909 bits per heavy atom. The minimum atomic E-state index is -4.46. The molecule has 0 radical (unpaired) electrons. The highest BCUT2D eigenvalue weighted by Crippen LogP contribution is 2.35. The molecule has 4 aromatic rings. The maximum atomic E-state index is 13.3. The fourth-order valence-corrected chi connectivity index (χ4v) is 3.22. The van der Waals surface area contributed by atoms with Crippen molar-refractivity contribution in [3.63, 3.8) is 0 Å². The first-order chi connectivity index (χ1) is 15.8. The molecule has 0 saturated heterocycles. The third-order valence-electron chi connectivity index (χ3n) is 4.93. The van der Waals surface area contributed by atoms with E-state index in [1.165, 1.54) is 6.07 Å². The van der Waals surface area contributed by atoms with Crippen LogP contribution in [-0.4, -0.2) is 34.3 Å². The molecule has 2 heterocycles. The lowest BCUT2D eigenvalue weighted by Gasteiger charge is -2.15. The van der Waals surface area contributed by atoms with Gasteiger partial charge in [-0.25, -0.2) is 9.97 Å². The van der Waals surface area contributed by atoms with Crippen LogP contribution >= 0.6 is 0 Å². The van der Waals surface area contributed by atoms with Crippen LogP contribution < -0.4 is 10.2 Å². The standard InChI is InChI=1S/C24H21F3N6/c1-33(2)21-14-19(22(32-31-21)17-9-6-10-18(13-17)24(25,26)27)20-11-12-28-23(30-20)29-15-16-7-4-3-5-8-16/h3-14H,15H2,1-2H3,(H,28,29,30). The van der Waals surface area contributed by atoms with Gasteiger partial charge in [-0.15, -0.1) is 10.2 Å². The lowest BCUT2D eigenvalue weighted by Crippen LogP contribution is -2.12. The van der Waals surface area contributed by atoms with E-state index in [-0.39, 0.29) is 0 Å². The molecule has 0 aliphatic rings. The van der Waals surface area contributed by atoms with Crippen molar-refractivity contribution in [2.24, 2.45) is 0 Å². The summed E-state index contributed by atoms with van der Waals surface area (Å²) < 4.78 is 39.8. The van der Waals surface area contributed by atoms with Gasteiger partial charge >= 0.3 is 6.18 Å². The second-order valence-electron chi connectivity index (χ2n) is 7.54. The first kappa shape index (κ1) is 22.2. The van der Waals surface area contributed by atoms with Gasteiger partial charge in [0, 0.05) is 38.0 Å². The van der Waals surface area contributed by atoms with Crippen LogP contribution in [0.2, 0.25) is 0 Å². The van der Waals surface area contributed by atoms with Crippen molar-refractivity contribution in [2.75, 3.05) is 24.3 Å². The molecule has 9 heteroatoms. The summed E-state index contributed by atoms with van der Waals surface area (Å²) in [5.74, 6) is 0.952. The van der Waals surface area contributed by atoms with Crippen LogP contribution in [0.3, 0.4) is 0 Å². The first-order valence-corrected chi connectivity index (χ1v) is 10.1. The van der Waals surface area contributed by atoms with Crippen molar-refractivity contribution in [3.8, 4) is 22.5 Å². The Bertz CT molecular complexity index is 1240. The van der Waals surface area contributed by atoms with E-state index in [1.807, 2.05) is 44.4 Å². The van der Waals surface area contributed by atoms with Crippen LogP contribution in [0.4, 0.5) is 24.9 Å². The van der Waals surface area contributed by atoms with Crippen molar-refractivity contribution < 1.29 is 13.2 Å². The summed E-state index contributed by atoms with van der Waals surface area (Å²) in [5.41, 5.74) is 1.99. The number of nitrogens with zero attached hydrogens (tertiary/aromatic N) is 5. The molecule has 2 aromatic carbocycles. The van der Waals surface area contributed by atoms with E-state index in [0.29, 0.717) is 40.8 Å². The summed E-state index contributed by atoms with van der Waals surface area (Å²) in [4.78, 5) is 10.6. The minimum absolute atomic E-state index is 0.301. The van der Waals surface area contributed by atoms with Crippen molar-refractivity contribution >= 4 is 11.8 Å². The zero-order chi connectivity index (χ0) is 23.4. The number of halogens is 3. The number of benzene rings is 2. The molecule has 6 nitrogen and oxygen atoms in total. The third-order valence-corrected chi connectivity index (χ3v) is 4.93. The van der Waals surface area contributed by atoms with Crippen LogP contribution in [0.15, 0.2) is 72.9 Å². The number of nitrogens with one attached hydrogen (secondary N) is 1. The predicted molar refractivity (Wildman–Crippen MR) is 122 cm³/mol. The molecular weight excluding hydrogens is 429 g/mol. The van der Waals surface area contributed by atoms with E-state index in [1.54, 1.807) is 29.3 Å². The number of hydrogen-bond donors (Lipinski definition) is 1. The SMILES string of the molecule is CN(C)c1cc(-c2ccnc(NCc3ccccc3)n2)c(-c2cccc(C(F)(F)F)c2)nn1. The van der Waals surface area contributed by atoms with Crippen LogP contribution in [0.1, 0.15) is 11.1 Å². The van der Waals surface area contributed by atoms with Gasteiger partial charge in [0.25, 0.3) is 0 Å². The predicted octanol–water partition coefficient (Wildman–Crippen LogP) is 5.30. The molecule has 0 aliphatic carbocycles. The van der Waals surface area contributed by atoms with Gasteiger partial charge in [0.1, 0.15) is 5.69 Å². The quantitative estimate of drug-likeness (QED) is 0.430. The van der Waals surface area contributed by atoms with Gasteiger partial charge < -0.3 is 10.2 Å². The highest BCUT2D eigenvalue weighted by molar-refractivity contribution is 5.80. The molecule has 0 spiro atoms. The molecule has 0 aliphatic heterocycles. The Morgan fingerprint density at radius 3 is 2.42 bits per heavy atom. The summed E-state index contributed by atoms with van der Waals surface area (Å²) in [6.07, 6.45) is -2.86. The fourth-order valence-electron chi connectivity index (χ4n) is 3.22. The van der Waals surface area contributed by atoms with Gasteiger partial charge in [-0.2, -0.15) is 13.2 Å². The van der Waals surface area contributed by atoms with Crippen LogP contribution in [-0.2, 0) is 12.7 Å². The monoisotopic (exact) mass is 450 g/mol. The molecule has 4 rings (SSSR count). The van der Waals surface area contributed by atoms with Gasteiger partial charge in [-0.05, 0) is 29.8 Å². The summed E-state index contributed by atoms with van der Waals surface area (Å²) in [7, 11) is 3.62. The maximum absolute atomic E-state index is 13.3. The number of aromatic nitrogens is 4. The topological polar surface area (TPSA) is 66.8 Å². The van der Waals surface area contributed by atoms with Crippen molar-refractivity contribution in [2.45, 2.75) is 12.7 Å². The van der Waals surface area contributed by atoms with Crippen LogP contribution in [0, 0.1) is 0 Å². The van der Waals surface area contributed by atoms with Crippen LogP contribution in [0.25, 0.3) is 22.5 Å². The Morgan fingerprint density at radius 2 is 1.70 bits per heavy atom. The van der Waals surface area contributed by atoms with E-state index < -0.39 is 11.7 Å². The Balaban J connectivity index is 1.74. The normalized spacial score (nSPS) is 11.3. The number of rotatable bonds is 6. The molecule has 33 heavy (non-hydrogen) atoms. The molecule has 0 unspecified atom stereocenters. The molecule has 0 saturated carbocycles. The molecule has 2 aromatic heterocycles. The highest BCUT2D eigenvalue weighted by atomic mass is 19.4. The average Bonchev–Trinajstić information content (AvgIpc) is 2.83. The molecule has 168 valence electrons. The molecule has 0 bridgehead atoms. The second kappa shape index (κ2) is 9.23. The zero-order valence-corrected chi connectivity index (χ0v) is 18.0. The van der Waals surface area contributed by atoms with E-state index >= 15 is 0 Å². The second-order valence-corrected chi connectivity index (χ2v) is 7.54. The summed E-state index contributed by atoms with van der Waals surface area (Å²) in [5, 5.41) is 11.6. The van der Waals surface area contributed by atoms with Gasteiger partial charge in [-0.1, -0.05) is 42.5 Å². The van der Waals surface area contributed by atoms with E-state index in [0.717, 1.165) is 17.7 Å². The van der Waals surface area contributed by atoms with Gasteiger partial charge in [0.2, 0.25) is 5.95 Å². The summed E-state index contributed by atoms with van der Waals surface area (Å²) in [6, 6.07) is 18.3. The average molecular weight is 450 g/mol. The lowest BCUT2D eigenvalue weighted by molar-refractivity contribution is -0.137. The van der Waals surface area contributed by atoms with E-state index in [9.17, 15) is 13.2 Å². The fraction of sp³-hybridized carbons (Fsp3) is 0.167. The summed E-state index contributed by atoms with van der Waals surface area (Å²) >= 11 is 0. The third kappa shape index (κ3) is 5.25. The van der Waals surface area contributed by atoms with Crippen molar-refractivity contribution in [1.29, 1.82) is 0 Å². The Kier molecular flexibility index (Phi) is 6.21.